The number of ether oxygens (including phenoxy) is 2. The summed E-state index contributed by atoms with van der Waals surface area (Å²) in [5.41, 5.74) is 2.33. The number of rotatable bonds is 4. The van der Waals surface area contributed by atoms with Gasteiger partial charge in [-0.3, -0.25) is 14.4 Å². The van der Waals surface area contributed by atoms with Crippen molar-refractivity contribution in [2.45, 2.75) is 18.9 Å². The molecule has 0 saturated carbocycles. The zero-order valence-electron chi connectivity index (χ0n) is 19.6. The molecule has 2 unspecified atom stereocenters. The normalized spacial score (nSPS) is 20.0. The fraction of sp³-hybridized carbons (Fsp3) is 0.250. The molecule has 8 nitrogen and oxygen atoms in total. The second-order valence-corrected chi connectivity index (χ2v) is 9.40. The van der Waals surface area contributed by atoms with Gasteiger partial charge >= 0.3 is 0 Å². The molecule has 8 heteroatoms. The maximum Gasteiger partial charge on any atom is 0.270 e. The lowest BCUT2D eigenvalue weighted by atomic mass is 9.83. The van der Waals surface area contributed by atoms with Crippen LogP contribution in [-0.2, 0) is 11.3 Å². The van der Waals surface area contributed by atoms with E-state index in [0.29, 0.717) is 42.3 Å². The van der Waals surface area contributed by atoms with Crippen molar-refractivity contribution in [1.29, 1.82) is 0 Å². The summed E-state index contributed by atoms with van der Waals surface area (Å²) in [7, 11) is 0. The largest absolute Gasteiger partial charge is 0.454 e. The number of fused-ring (bicyclic) bond motifs is 5. The van der Waals surface area contributed by atoms with Crippen LogP contribution in [-0.4, -0.2) is 41.2 Å². The Labute approximate surface area is 207 Å². The average molecular weight is 484 g/mol. The molecule has 6 rings (SSSR count). The molecular formula is C28H25N3O5. The second-order valence-electron chi connectivity index (χ2n) is 9.40. The van der Waals surface area contributed by atoms with Gasteiger partial charge in [0, 0.05) is 42.9 Å². The van der Waals surface area contributed by atoms with Gasteiger partial charge in [0.2, 0.25) is 6.79 Å². The highest BCUT2D eigenvalue weighted by molar-refractivity contribution is 6.05. The lowest BCUT2D eigenvalue weighted by molar-refractivity contribution is -0.130. The second kappa shape index (κ2) is 9.03. The Hall–Kier alpha value is -4.33. The Balaban J connectivity index is 1.31. The quantitative estimate of drug-likeness (QED) is 0.577. The maximum atomic E-state index is 13.8. The number of hydrogen-bond acceptors (Lipinski definition) is 5. The number of nitrogens with zero attached hydrogens (tertiary/aromatic N) is 2. The van der Waals surface area contributed by atoms with E-state index >= 15 is 0 Å². The van der Waals surface area contributed by atoms with Crippen LogP contribution < -0.4 is 20.3 Å². The van der Waals surface area contributed by atoms with Crippen molar-refractivity contribution in [1.82, 2.24) is 14.8 Å². The number of likely N-dealkylation sites (tertiary alicyclic amines) is 1. The van der Waals surface area contributed by atoms with Crippen LogP contribution in [0.4, 0.5) is 0 Å². The van der Waals surface area contributed by atoms with E-state index in [0.717, 1.165) is 12.1 Å². The first-order valence-electron chi connectivity index (χ1n) is 12.0. The molecule has 0 radical (unpaired) electrons. The minimum absolute atomic E-state index is 0.000457. The predicted molar refractivity (Wildman–Crippen MR) is 133 cm³/mol. The van der Waals surface area contributed by atoms with Crippen molar-refractivity contribution in [3.8, 4) is 11.5 Å². The fourth-order valence-electron chi connectivity index (χ4n) is 5.34. The number of carbonyl (C=O) groups is 2. The van der Waals surface area contributed by atoms with Crippen molar-refractivity contribution < 1.29 is 19.1 Å². The fourth-order valence-corrected chi connectivity index (χ4v) is 5.34. The number of nitrogens with one attached hydrogen (secondary N) is 1. The Morgan fingerprint density at radius 1 is 0.917 bits per heavy atom. The van der Waals surface area contributed by atoms with Crippen LogP contribution in [0.25, 0.3) is 6.08 Å². The molecule has 36 heavy (non-hydrogen) atoms. The first-order valence-corrected chi connectivity index (χ1v) is 12.0. The molecule has 0 aliphatic carbocycles. The van der Waals surface area contributed by atoms with Crippen LogP contribution in [0.5, 0.6) is 11.5 Å². The van der Waals surface area contributed by atoms with Gasteiger partial charge in [-0.15, -0.1) is 0 Å². The number of pyridine rings is 1. The van der Waals surface area contributed by atoms with Crippen molar-refractivity contribution >= 4 is 17.9 Å². The molecule has 0 spiro atoms. The summed E-state index contributed by atoms with van der Waals surface area (Å²) >= 11 is 0. The van der Waals surface area contributed by atoms with Crippen molar-refractivity contribution in [3.63, 3.8) is 0 Å². The molecule has 1 N–H and O–H groups in total. The minimum Gasteiger partial charge on any atom is -0.454 e. The standard InChI is InChI=1S/C28H25N3O5/c32-26-8-4-7-23-21-11-19(15-31(23)26)14-30(16-21)28(34)22(29-27(33)20-5-2-1-3-6-20)12-18-9-10-24-25(13-18)36-17-35-24/h1-10,12-13,19,21H,11,14-17H2,(H,29,33)/b22-12-. The van der Waals surface area contributed by atoms with E-state index in [1.54, 1.807) is 59.5 Å². The maximum absolute atomic E-state index is 13.8. The third kappa shape index (κ3) is 4.15. The molecule has 2 atom stereocenters. The van der Waals surface area contributed by atoms with Gasteiger partial charge in [-0.1, -0.05) is 30.3 Å². The topological polar surface area (TPSA) is 89.9 Å². The average Bonchev–Trinajstić information content (AvgIpc) is 3.37. The molecule has 1 fully saturated rings. The van der Waals surface area contributed by atoms with Crippen LogP contribution >= 0.6 is 0 Å². The lowest BCUT2D eigenvalue weighted by Gasteiger charge is -2.43. The highest BCUT2D eigenvalue weighted by atomic mass is 16.7. The Kier molecular flexibility index (Phi) is 5.56. The first kappa shape index (κ1) is 22.2. The summed E-state index contributed by atoms with van der Waals surface area (Å²) in [6.45, 7) is 1.75. The number of piperidine rings is 1. The third-order valence-electron chi connectivity index (χ3n) is 6.99. The van der Waals surface area contributed by atoms with Crippen LogP contribution in [0.1, 0.15) is 34.0 Å². The smallest absolute Gasteiger partial charge is 0.270 e. The molecule has 1 saturated heterocycles. The van der Waals surface area contributed by atoms with Crippen LogP contribution in [0.15, 0.2) is 77.2 Å². The minimum atomic E-state index is -0.356. The monoisotopic (exact) mass is 483 g/mol. The van der Waals surface area contributed by atoms with Gasteiger partial charge in [0.15, 0.2) is 11.5 Å². The molecule has 1 aromatic heterocycles. The summed E-state index contributed by atoms with van der Waals surface area (Å²) in [5.74, 6) is 0.887. The number of amides is 2. The van der Waals surface area contributed by atoms with Gasteiger partial charge in [-0.2, -0.15) is 0 Å². The van der Waals surface area contributed by atoms with E-state index in [-0.39, 0.29) is 41.7 Å². The molecule has 3 aromatic rings. The molecule has 2 amide bonds. The highest BCUT2D eigenvalue weighted by Gasteiger charge is 2.37. The molecule has 182 valence electrons. The summed E-state index contributed by atoms with van der Waals surface area (Å²) in [6.07, 6.45) is 2.61. The Morgan fingerprint density at radius 3 is 2.61 bits per heavy atom. The molecular weight excluding hydrogens is 458 g/mol. The Morgan fingerprint density at radius 2 is 1.75 bits per heavy atom. The third-order valence-corrected chi connectivity index (χ3v) is 6.99. The number of benzene rings is 2. The van der Waals surface area contributed by atoms with Gasteiger partial charge in [0.1, 0.15) is 5.70 Å². The summed E-state index contributed by atoms with van der Waals surface area (Å²) in [6, 6.07) is 19.5. The van der Waals surface area contributed by atoms with E-state index in [1.165, 1.54) is 0 Å². The van der Waals surface area contributed by atoms with Crippen LogP contribution in [0, 0.1) is 5.92 Å². The zero-order chi connectivity index (χ0) is 24.6. The summed E-state index contributed by atoms with van der Waals surface area (Å²) in [4.78, 5) is 41.0. The number of aromatic nitrogens is 1. The van der Waals surface area contributed by atoms with Gasteiger partial charge in [-0.25, -0.2) is 0 Å². The van der Waals surface area contributed by atoms with Gasteiger partial charge in [0.05, 0.1) is 0 Å². The SMILES string of the molecule is O=C(N/C(=C\c1ccc2c(c1)OCO2)C(=O)N1CC2CC(C1)c1cccc(=O)n1C2)c1ccccc1. The van der Waals surface area contributed by atoms with E-state index in [1.807, 2.05) is 22.8 Å². The first-order chi connectivity index (χ1) is 17.5. The van der Waals surface area contributed by atoms with Crippen molar-refractivity contribution in [2.75, 3.05) is 19.9 Å². The predicted octanol–water partition coefficient (Wildman–Crippen LogP) is 2.99. The molecule has 3 aliphatic heterocycles. The van der Waals surface area contributed by atoms with Gasteiger partial charge in [0.25, 0.3) is 17.4 Å². The van der Waals surface area contributed by atoms with Crippen LogP contribution in [0.2, 0.25) is 0 Å². The van der Waals surface area contributed by atoms with Crippen molar-refractivity contribution in [3.05, 3.63) is 99.6 Å². The summed E-state index contributed by atoms with van der Waals surface area (Å²) in [5, 5.41) is 2.84. The number of carbonyl (C=O) groups excluding carboxylic acids is 2. The van der Waals surface area contributed by atoms with E-state index < -0.39 is 0 Å². The molecule has 3 aliphatic rings. The Bertz CT molecular complexity index is 1430. The number of hydrogen-bond donors (Lipinski definition) is 1. The van der Waals surface area contributed by atoms with Crippen molar-refractivity contribution in [2.24, 2.45) is 5.92 Å². The van der Waals surface area contributed by atoms with Crippen LogP contribution in [0.3, 0.4) is 0 Å². The lowest BCUT2D eigenvalue weighted by Crippen LogP contribution is -2.50. The molecule has 2 aromatic carbocycles. The summed E-state index contributed by atoms with van der Waals surface area (Å²) < 4.78 is 12.7. The van der Waals surface area contributed by atoms with Gasteiger partial charge in [-0.05, 0) is 54.3 Å². The molecule has 2 bridgehead atoms. The van der Waals surface area contributed by atoms with E-state index in [4.69, 9.17) is 9.47 Å². The zero-order valence-corrected chi connectivity index (χ0v) is 19.6. The highest BCUT2D eigenvalue weighted by Crippen LogP contribution is 2.36. The van der Waals surface area contributed by atoms with E-state index in [9.17, 15) is 14.4 Å². The van der Waals surface area contributed by atoms with E-state index in [2.05, 4.69) is 5.32 Å². The van der Waals surface area contributed by atoms with Gasteiger partial charge < -0.3 is 24.3 Å². The molecule has 4 heterocycles.